The Kier molecular flexibility index (Phi) is 4.41. The number of halogens is 1. The van der Waals surface area contributed by atoms with Crippen LogP contribution in [0, 0.1) is 0 Å². The molecule has 1 aromatic heterocycles. The Labute approximate surface area is 147 Å². The number of nitrogens with zero attached hydrogens (tertiary/aromatic N) is 1. The summed E-state index contributed by atoms with van der Waals surface area (Å²) in [5.74, 6) is 0.881. The maximum Gasteiger partial charge on any atom is 0.212 e. The molecule has 0 saturated heterocycles. The zero-order valence-corrected chi connectivity index (χ0v) is 14.4. The number of rotatable bonds is 2. The molecule has 0 radical (unpaired) electrons. The Morgan fingerprint density at radius 1 is 0.792 bits per heavy atom. The van der Waals surface area contributed by atoms with E-state index in [2.05, 4.69) is 72.4 Å². The standard InChI is InChI=1S/C21H18NO.ClH/c1-22-14-17-5-3-4-6-19(17)20-13-16(9-12-21(20)22)15-7-10-18(23-2)11-8-15;/h3-14H,1-2H3;1H/q+1;/p-1. The minimum atomic E-state index is 0. The first-order chi connectivity index (χ1) is 11.3. The number of benzene rings is 3. The van der Waals surface area contributed by atoms with Crippen molar-refractivity contribution < 1.29 is 21.7 Å². The van der Waals surface area contributed by atoms with Crippen molar-refractivity contribution >= 4 is 21.7 Å². The maximum atomic E-state index is 5.25. The van der Waals surface area contributed by atoms with E-state index in [0.29, 0.717) is 0 Å². The molecular formula is C21H18ClNO. The molecule has 4 aromatic rings. The summed E-state index contributed by atoms with van der Waals surface area (Å²) in [7, 11) is 3.79. The molecule has 120 valence electrons. The van der Waals surface area contributed by atoms with Crippen molar-refractivity contribution in [1.29, 1.82) is 0 Å². The molecule has 0 aliphatic rings. The third-order valence-electron chi connectivity index (χ3n) is 4.38. The van der Waals surface area contributed by atoms with E-state index in [1.54, 1.807) is 7.11 Å². The summed E-state index contributed by atoms with van der Waals surface area (Å²) in [4.78, 5) is 0. The summed E-state index contributed by atoms with van der Waals surface area (Å²) in [6, 6.07) is 23.4. The van der Waals surface area contributed by atoms with E-state index in [-0.39, 0.29) is 12.4 Å². The monoisotopic (exact) mass is 335 g/mol. The molecule has 1 heterocycles. The van der Waals surface area contributed by atoms with E-state index in [0.717, 1.165) is 5.75 Å². The highest BCUT2D eigenvalue weighted by molar-refractivity contribution is 6.05. The highest BCUT2D eigenvalue weighted by atomic mass is 35.5. The average Bonchev–Trinajstić information content (AvgIpc) is 2.61. The van der Waals surface area contributed by atoms with E-state index < -0.39 is 0 Å². The normalized spacial score (nSPS) is 10.6. The largest absolute Gasteiger partial charge is 1.00 e. The third kappa shape index (κ3) is 2.70. The summed E-state index contributed by atoms with van der Waals surface area (Å²) in [6.07, 6.45) is 2.19. The molecule has 0 amide bonds. The van der Waals surface area contributed by atoms with Gasteiger partial charge in [0.2, 0.25) is 5.52 Å². The second kappa shape index (κ2) is 6.50. The second-order valence-electron chi connectivity index (χ2n) is 5.79. The molecule has 0 unspecified atom stereocenters. The summed E-state index contributed by atoms with van der Waals surface area (Å²) in [5, 5.41) is 3.82. The van der Waals surface area contributed by atoms with Crippen LogP contribution in [0.1, 0.15) is 0 Å². The van der Waals surface area contributed by atoms with Gasteiger partial charge >= 0.3 is 0 Å². The van der Waals surface area contributed by atoms with Gasteiger partial charge in [0.05, 0.1) is 12.5 Å². The van der Waals surface area contributed by atoms with Crippen LogP contribution in [0.15, 0.2) is 72.9 Å². The number of aromatic nitrogens is 1. The van der Waals surface area contributed by atoms with Gasteiger partial charge in [0, 0.05) is 16.8 Å². The van der Waals surface area contributed by atoms with Crippen LogP contribution in [0.5, 0.6) is 5.75 Å². The number of methoxy groups -OCH3 is 1. The van der Waals surface area contributed by atoms with E-state index in [1.165, 1.54) is 32.8 Å². The van der Waals surface area contributed by atoms with Gasteiger partial charge in [-0.05, 0) is 41.5 Å². The number of ether oxygens (including phenoxy) is 1. The van der Waals surface area contributed by atoms with Crippen LogP contribution >= 0.6 is 0 Å². The number of hydrogen-bond acceptors (Lipinski definition) is 1. The first-order valence-corrected chi connectivity index (χ1v) is 7.72. The summed E-state index contributed by atoms with van der Waals surface area (Å²) in [5.41, 5.74) is 3.65. The molecule has 0 aliphatic heterocycles. The van der Waals surface area contributed by atoms with Crippen molar-refractivity contribution in [3.63, 3.8) is 0 Å². The molecule has 0 fully saturated rings. The lowest BCUT2D eigenvalue weighted by molar-refractivity contribution is -0.643. The van der Waals surface area contributed by atoms with Crippen LogP contribution in [0.25, 0.3) is 32.8 Å². The van der Waals surface area contributed by atoms with Crippen molar-refractivity contribution in [2.45, 2.75) is 0 Å². The lowest BCUT2D eigenvalue weighted by Crippen LogP contribution is -3.00. The predicted molar refractivity (Wildman–Crippen MR) is 94.6 cm³/mol. The number of hydrogen-bond donors (Lipinski definition) is 0. The number of aryl methyl sites for hydroxylation is 1. The topological polar surface area (TPSA) is 13.1 Å². The van der Waals surface area contributed by atoms with E-state index in [4.69, 9.17) is 4.74 Å². The van der Waals surface area contributed by atoms with Gasteiger partial charge in [0.1, 0.15) is 12.8 Å². The van der Waals surface area contributed by atoms with Crippen LogP contribution < -0.4 is 21.7 Å². The lowest BCUT2D eigenvalue weighted by atomic mass is 10.00. The third-order valence-corrected chi connectivity index (χ3v) is 4.38. The molecule has 0 aliphatic carbocycles. The number of fused-ring (bicyclic) bond motifs is 3. The first-order valence-electron chi connectivity index (χ1n) is 7.72. The Morgan fingerprint density at radius 3 is 2.25 bits per heavy atom. The Balaban J connectivity index is 0.00000169. The van der Waals surface area contributed by atoms with Crippen LogP contribution in [0.3, 0.4) is 0 Å². The van der Waals surface area contributed by atoms with Gasteiger partial charge in [0.25, 0.3) is 0 Å². The minimum Gasteiger partial charge on any atom is -1.00 e. The molecule has 0 bridgehead atoms. The van der Waals surface area contributed by atoms with Gasteiger partial charge in [-0.3, -0.25) is 0 Å². The van der Waals surface area contributed by atoms with E-state index >= 15 is 0 Å². The van der Waals surface area contributed by atoms with Crippen molar-refractivity contribution in [2.24, 2.45) is 7.05 Å². The van der Waals surface area contributed by atoms with Gasteiger partial charge in [-0.25, -0.2) is 4.57 Å². The van der Waals surface area contributed by atoms with E-state index in [9.17, 15) is 0 Å². The smallest absolute Gasteiger partial charge is 0.212 e. The zero-order chi connectivity index (χ0) is 15.8. The van der Waals surface area contributed by atoms with Crippen LogP contribution in [0.2, 0.25) is 0 Å². The van der Waals surface area contributed by atoms with Gasteiger partial charge in [-0.2, -0.15) is 0 Å². The first kappa shape index (κ1) is 16.3. The molecule has 0 atom stereocenters. The minimum absolute atomic E-state index is 0. The van der Waals surface area contributed by atoms with Crippen molar-refractivity contribution in [3.8, 4) is 16.9 Å². The summed E-state index contributed by atoms with van der Waals surface area (Å²) in [6.45, 7) is 0. The van der Waals surface area contributed by atoms with Crippen molar-refractivity contribution in [1.82, 2.24) is 0 Å². The fourth-order valence-corrected chi connectivity index (χ4v) is 3.16. The maximum absolute atomic E-state index is 5.25. The molecule has 3 aromatic carbocycles. The highest BCUT2D eigenvalue weighted by Gasteiger charge is 2.11. The molecule has 0 saturated carbocycles. The Hall–Kier alpha value is -2.58. The fraction of sp³-hybridized carbons (Fsp3) is 0.0952. The summed E-state index contributed by atoms with van der Waals surface area (Å²) < 4.78 is 7.44. The molecule has 3 heteroatoms. The molecule has 4 rings (SSSR count). The van der Waals surface area contributed by atoms with Crippen molar-refractivity contribution in [3.05, 3.63) is 72.9 Å². The Bertz CT molecular complexity index is 1010. The van der Waals surface area contributed by atoms with Crippen LogP contribution in [-0.4, -0.2) is 7.11 Å². The summed E-state index contributed by atoms with van der Waals surface area (Å²) >= 11 is 0. The average molecular weight is 336 g/mol. The van der Waals surface area contributed by atoms with Crippen LogP contribution in [-0.2, 0) is 7.05 Å². The van der Waals surface area contributed by atoms with Crippen molar-refractivity contribution in [2.75, 3.05) is 7.11 Å². The molecule has 0 N–H and O–H groups in total. The molecule has 24 heavy (non-hydrogen) atoms. The lowest BCUT2D eigenvalue weighted by Gasteiger charge is -2.07. The highest BCUT2D eigenvalue weighted by Crippen LogP contribution is 2.28. The quantitative estimate of drug-likeness (QED) is 0.400. The molecule has 0 spiro atoms. The number of pyridine rings is 1. The van der Waals surface area contributed by atoms with Crippen LogP contribution in [0.4, 0.5) is 0 Å². The predicted octanol–water partition coefficient (Wildman–Crippen LogP) is 1.50. The molecule has 2 nitrogen and oxygen atoms in total. The zero-order valence-electron chi connectivity index (χ0n) is 13.7. The van der Waals surface area contributed by atoms with Gasteiger partial charge in [-0.1, -0.05) is 30.3 Å². The van der Waals surface area contributed by atoms with Gasteiger partial charge in [-0.15, -0.1) is 0 Å². The Morgan fingerprint density at radius 2 is 1.50 bits per heavy atom. The van der Waals surface area contributed by atoms with Gasteiger partial charge < -0.3 is 17.1 Å². The second-order valence-corrected chi connectivity index (χ2v) is 5.79. The van der Waals surface area contributed by atoms with Gasteiger partial charge in [0.15, 0.2) is 6.20 Å². The fourth-order valence-electron chi connectivity index (χ4n) is 3.16. The van der Waals surface area contributed by atoms with E-state index in [1.807, 2.05) is 12.1 Å². The molecular weight excluding hydrogens is 318 g/mol. The SMILES string of the molecule is COc1ccc(-c2ccc3c(c2)c2ccccc2c[n+]3C)cc1.[Cl-].